The largest absolute Gasteiger partial charge is 0.499 e. The van der Waals surface area contributed by atoms with E-state index in [-0.39, 0.29) is 0 Å². The van der Waals surface area contributed by atoms with E-state index < -0.39 is 15.2 Å². The van der Waals surface area contributed by atoms with Crippen LogP contribution in [0.15, 0.2) is 12.1 Å². The van der Waals surface area contributed by atoms with Crippen LogP contribution in [0.1, 0.15) is 0 Å². The van der Waals surface area contributed by atoms with Crippen LogP contribution in [0.5, 0.6) is 0 Å². The molecule has 0 bridgehead atoms. The van der Waals surface area contributed by atoms with Crippen LogP contribution >= 0.6 is 11.3 Å². The van der Waals surface area contributed by atoms with Gasteiger partial charge in [0.15, 0.2) is 0 Å². The highest BCUT2D eigenvalue weighted by atomic mass is 32.1. The van der Waals surface area contributed by atoms with E-state index >= 15 is 0 Å². The lowest BCUT2D eigenvalue weighted by Gasteiger charge is -2.12. The summed E-state index contributed by atoms with van der Waals surface area (Å²) in [5, 5.41) is 17.8. The first kappa shape index (κ1) is 9.99. The van der Waals surface area contributed by atoms with Gasteiger partial charge in [0, 0.05) is 4.78 Å². The molecule has 1 aromatic heterocycles. The monoisotopic (exact) mass is 200 g/mol. The van der Waals surface area contributed by atoms with Crippen LogP contribution in [0.4, 0.5) is 0 Å². The molecule has 0 spiro atoms. The molecule has 0 atom stereocenters. The van der Waals surface area contributed by atoms with Gasteiger partial charge >= 0.3 is 7.12 Å². The lowest BCUT2D eigenvalue weighted by molar-refractivity contribution is 0.427. The molecule has 0 fully saturated rings. The minimum atomic E-state index is -1.31. The fraction of sp³-hybridized carbons (Fsp3) is 0.429. The van der Waals surface area contributed by atoms with E-state index in [4.69, 9.17) is 10.0 Å². The molecule has 0 saturated carbocycles. The minimum Gasteiger partial charge on any atom is -0.423 e. The van der Waals surface area contributed by atoms with Crippen molar-refractivity contribution in [1.29, 1.82) is 0 Å². The SMILES string of the molecule is C[Si](C)(C)c1ccc(B(O)O)s1. The molecule has 2 N–H and O–H groups in total. The lowest BCUT2D eigenvalue weighted by Crippen LogP contribution is -2.35. The van der Waals surface area contributed by atoms with Crippen LogP contribution in [-0.2, 0) is 0 Å². The van der Waals surface area contributed by atoms with Gasteiger partial charge in [-0.3, -0.25) is 0 Å². The first-order valence-electron chi connectivity index (χ1n) is 3.87. The molecular formula is C7H13BO2SSi. The van der Waals surface area contributed by atoms with Gasteiger partial charge in [-0.1, -0.05) is 31.8 Å². The van der Waals surface area contributed by atoms with Gasteiger partial charge in [-0.25, -0.2) is 0 Å². The zero-order valence-corrected chi connectivity index (χ0v) is 9.35. The Kier molecular flexibility index (Phi) is 2.78. The zero-order valence-electron chi connectivity index (χ0n) is 7.53. The third kappa shape index (κ3) is 2.20. The molecule has 0 aliphatic carbocycles. The second-order valence-corrected chi connectivity index (χ2v) is 10.3. The van der Waals surface area contributed by atoms with Crippen LogP contribution in [0.3, 0.4) is 0 Å². The normalized spacial score (nSPS) is 11.8. The van der Waals surface area contributed by atoms with Crippen molar-refractivity contribution in [2.24, 2.45) is 0 Å². The van der Waals surface area contributed by atoms with Gasteiger partial charge in [0.1, 0.15) is 0 Å². The summed E-state index contributed by atoms with van der Waals surface area (Å²) >= 11 is 1.51. The molecule has 0 aromatic carbocycles. The Hall–Kier alpha value is -0.0982. The smallest absolute Gasteiger partial charge is 0.423 e. The average molecular weight is 200 g/mol. The van der Waals surface area contributed by atoms with Crippen LogP contribution < -0.4 is 9.28 Å². The van der Waals surface area contributed by atoms with Crippen molar-refractivity contribution >= 4 is 35.8 Å². The molecule has 12 heavy (non-hydrogen) atoms. The van der Waals surface area contributed by atoms with Crippen LogP contribution in [0.2, 0.25) is 19.6 Å². The van der Waals surface area contributed by atoms with Crippen LogP contribution in [0, 0.1) is 0 Å². The quantitative estimate of drug-likeness (QED) is 0.658. The first-order chi connectivity index (χ1) is 5.41. The molecule has 66 valence electrons. The summed E-state index contributed by atoms with van der Waals surface area (Å²) in [4.78, 5) is 0. The van der Waals surface area contributed by atoms with Gasteiger partial charge in [-0.15, -0.1) is 0 Å². The van der Waals surface area contributed by atoms with Crippen molar-refractivity contribution in [1.82, 2.24) is 0 Å². The highest BCUT2D eigenvalue weighted by Crippen LogP contribution is 2.05. The van der Waals surface area contributed by atoms with E-state index in [1.165, 1.54) is 15.8 Å². The maximum Gasteiger partial charge on any atom is 0.499 e. The van der Waals surface area contributed by atoms with E-state index in [0.29, 0.717) is 4.78 Å². The molecule has 1 rings (SSSR count). The second kappa shape index (κ2) is 3.34. The summed E-state index contributed by atoms with van der Waals surface area (Å²) in [6.07, 6.45) is 0. The Morgan fingerprint density at radius 3 is 2.08 bits per heavy atom. The maximum atomic E-state index is 8.88. The average Bonchev–Trinajstić information content (AvgIpc) is 2.30. The molecule has 0 unspecified atom stereocenters. The van der Waals surface area contributed by atoms with Crippen molar-refractivity contribution in [3.05, 3.63) is 12.1 Å². The number of hydrogen-bond acceptors (Lipinski definition) is 3. The first-order valence-corrected chi connectivity index (χ1v) is 8.19. The molecule has 0 aliphatic heterocycles. The third-order valence-electron chi connectivity index (χ3n) is 1.62. The van der Waals surface area contributed by atoms with E-state index in [1.54, 1.807) is 6.07 Å². The highest BCUT2D eigenvalue weighted by Gasteiger charge is 2.21. The molecule has 5 heteroatoms. The van der Waals surface area contributed by atoms with Gasteiger partial charge in [0.2, 0.25) is 0 Å². The Bertz CT molecular complexity index is 267. The number of hydrogen-bond donors (Lipinski definition) is 2. The van der Waals surface area contributed by atoms with Crippen molar-refractivity contribution < 1.29 is 10.0 Å². The summed E-state index contributed by atoms with van der Waals surface area (Å²) in [5.74, 6) is 0. The van der Waals surface area contributed by atoms with Crippen LogP contribution in [-0.4, -0.2) is 25.2 Å². The fourth-order valence-electron chi connectivity index (χ4n) is 0.895. The molecule has 0 aliphatic rings. The summed E-state index contributed by atoms with van der Waals surface area (Å²) in [6, 6.07) is 3.80. The van der Waals surface area contributed by atoms with E-state index in [1.807, 2.05) is 6.07 Å². The molecule has 0 radical (unpaired) electrons. The summed E-state index contributed by atoms with van der Waals surface area (Å²) in [6.45, 7) is 6.73. The summed E-state index contributed by atoms with van der Waals surface area (Å²) in [7, 11) is -2.57. The van der Waals surface area contributed by atoms with E-state index in [0.717, 1.165) is 0 Å². The van der Waals surface area contributed by atoms with E-state index in [9.17, 15) is 0 Å². The van der Waals surface area contributed by atoms with Gasteiger partial charge in [-0.05, 0) is 4.50 Å². The molecular weight excluding hydrogens is 187 g/mol. The Morgan fingerprint density at radius 1 is 1.25 bits per heavy atom. The Labute approximate surface area is 78.0 Å². The van der Waals surface area contributed by atoms with Gasteiger partial charge in [0.05, 0.1) is 8.07 Å². The highest BCUT2D eigenvalue weighted by molar-refractivity contribution is 7.32. The molecule has 0 amide bonds. The van der Waals surface area contributed by atoms with Crippen molar-refractivity contribution in [3.63, 3.8) is 0 Å². The molecule has 1 aromatic rings. The lowest BCUT2D eigenvalue weighted by atomic mass is 9.90. The number of rotatable bonds is 2. The Balaban J connectivity index is 2.92. The summed E-state index contributed by atoms with van der Waals surface area (Å²) < 4.78 is 1.96. The maximum absolute atomic E-state index is 8.88. The summed E-state index contributed by atoms with van der Waals surface area (Å²) in [5.41, 5.74) is 0. The predicted octanol–water partition coefficient (Wildman–Crippen LogP) is -0.0269. The van der Waals surface area contributed by atoms with Crippen molar-refractivity contribution in [2.45, 2.75) is 19.6 Å². The van der Waals surface area contributed by atoms with Crippen molar-refractivity contribution in [3.8, 4) is 0 Å². The molecule has 2 nitrogen and oxygen atoms in total. The topological polar surface area (TPSA) is 40.5 Å². The number of thiophene rings is 1. The van der Waals surface area contributed by atoms with Gasteiger partial charge < -0.3 is 10.0 Å². The van der Waals surface area contributed by atoms with Crippen molar-refractivity contribution in [2.75, 3.05) is 0 Å². The fourth-order valence-corrected chi connectivity index (χ4v) is 3.69. The predicted molar refractivity (Wildman–Crippen MR) is 57.1 cm³/mol. The van der Waals surface area contributed by atoms with Gasteiger partial charge in [0.25, 0.3) is 0 Å². The standard InChI is InChI=1S/C7H13BO2SSi/c1-12(2,3)7-5-4-6(11-7)8(9)10/h4-5,9-10H,1-3H3. The van der Waals surface area contributed by atoms with Crippen LogP contribution in [0.25, 0.3) is 0 Å². The van der Waals surface area contributed by atoms with Gasteiger partial charge in [-0.2, -0.15) is 11.3 Å². The Morgan fingerprint density at radius 2 is 1.83 bits per heavy atom. The minimum absolute atomic E-state index is 0.646. The zero-order chi connectivity index (χ0) is 9.35. The second-order valence-electron chi connectivity index (χ2n) is 3.83. The third-order valence-corrected chi connectivity index (χ3v) is 6.35. The van der Waals surface area contributed by atoms with E-state index in [2.05, 4.69) is 19.6 Å². The molecule has 0 saturated heterocycles. The molecule has 1 heterocycles.